The van der Waals surface area contributed by atoms with Crippen LogP contribution in [0.2, 0.25) is 0 Å². The lowest BCUT2D eigenvalue weighted by Crippen LogP contribution is -2.05. The highest BCUT2D eigenvalue weighted by atomic mass is 16.6. The van der Waals surface area contributed by atoms with Gasteiger partial charge in [-0.3, -0.25) is 10.1 Å². The first-order valence-electron chi connectivity index (χ1n) is 4.11. The number of phenolic OH excluding ortho intramolecular Hbond substituents is 1. The van der Waals surface area contributed by atoms with Crippen LogP contribution in [0.3, 0.4) is 0 Å². The number of anilines is 1. The summed E-state index contributed by atoms with van der Waals surface area (Å²) in [5, 5.41) is 23.0. The van der Waals surface area contributed by atoms with E-state index in [1.54, 1.807) is 6.07 Å². The predicted molar refractivity (Wildman–Crippen MR) is 52.3 cm³/mol. The van der Waals surface area contributed by atoms with Crippen molar-refractivity contribution < 1.29 is 10.0 Å². The highest BCUT2D eigenvalue weighted by molar-refractivity contribution is 5.79. The molecule has 0 fully saturated rings. The minimum Gasteiger partial charge on any atom is -0.501 e. The number of nitro benzene ring substituents is 1. The number of nitrogens with zero attached hydrogens (tertiary/aromatic N) is 1. The van der Waals surface area contributed by atoms with Crippen molar-refractivity contribution in [2.45, 2.75) is 0 Å². The number of phenols is 1. The first-order valence-corrected chi connectivity index (χ1v) is 4.11. The summed E-state index contributed by atoms with van der Waals surface area (Å²) in [7, 11) is 0. The van der Waals surface area contributed by atoms with Crippen molar-refractivity contribution in [1.29, 1.82) is 0 Å². The Bertz CT molecular complexity index is 426. The molecule has 72 valence electrons. The second-order valence-electron chi connectivity index (χ2n) is 2.94. The third kappa shape index (κ3) is 1.19. The van der Waals surface area contributed by atoms with Gasteiger partial charge in [0.05, 0.1) is 10.6 Å². The SMILES string of the molecule is O=[N+]([O-])c1ccc2c(c1O)NCC=C2. The van der Waals surface area contributed by atoms with E-state index in [4.69, 9.17) is 0 Å². The Labute approximate surface area is 79.8 Å². The zero-order valence-electron chi connectivity index (χ0n) is 7.23. The molecule has 1 aliphatic heterocycles. The first-order chi connectivity index (χ1) is 6.70. The van der Waals surface area contributed by atoms with E-state index in [9.17, 15) is 15.2 Å². The minimum atomic E-state index is -0.602. The quantitative estimate of drug-likeness (QED) is 0.403. The predicted octanol–water partition coefficient (Wildman–Crippen LogP) is 1.74. The van der Waals surface area contributed by atoms with E-state index in [-0.39, 0.29) is 11.4 Å². The van der Waals surface area contributed by atoms with Gasteiger partial charge >= 0.3 is 5.69 Å². The van der Waals surface area contributed by atoms with Gasteiger partial charge in [0.2, 0.25) is 5.75 Å². The summed E-state index contributed by atoms with van der Waals surface area (Å²) in [6.07, 6.45) is 3.70. The van der Waals surface area contributed by atoms with Gasteiger partial charge < -0.3 is 10.4 Å². The molecule has 0 atom stereocenters. The fraction of sp³-hybridized carbons (Fsp3) is 0.111. The summed E-state index contributed by atoms with van der Waals surface area (Å²) in [6.45, 7) is 0.571. The molecule has 5 nitrogen and oxygen atoms in total. The smallest absolute Gasteiger partial charge is 0.312 e. The average molecular weight is 192 g/mol. The van der Waals surface area contributed by atoms with Gasteiger partial charge in [-0.05, 0) is 6.07 Å². The number of hydrogen-bond acceptors (Lipinski definition) is 4. The summed E-state index contributed by atoms with van der Waals surface area (Å²) in [4.78, 5) is 9.91. The highest BCUT2D eigenvalue weighted by Crippen LogP contribution is 2.38. The number of nitrogens with one attached hydrogen (secondary N) is 1. The number of rotatable bonds is 1. The third-order valence-corrected chi connectivity index (χ3v) is 2.08. The van der Waals surface area contributed by atoms with E-state index >= 15 is 0 Å². The van der Waals surface area contributed by atoms with Crippen molar-refractivity contribution in [3.8, 4) is 5.75 Å². The van der Waals surface area contributed by atoms with E-state index in [1.165, 1.54) is 6.07 Å². The molecule has 0 amide bonds. The van der Waals surface area contributed by atoms with E-state index < -0.39 is 4.92 Å². The minimum absolute atomic E-state index is 0.272. The van der Waals surface area contributed by atoms with Crippen molar-refractivity contribution in [3.05, 3.63) is 33.9 Å². The molecule has 1 heterocycles. The molecule has 14 heavy (non-hydrogen) atoms. The van der Waals surface area contributed by atoms with E-state index in [0.29, 0.717) is 12.2 Å². The molecule has 0 aromatic heterocycles. The molecule has 1 aromatic rings. The largest absolute Gasteiger partial charge is 0.501 e. The van der Waals surface area contributed by atoms with Gasteiger partial charge in [0.25, 0.3) is 0 Å². The van der Waals surface area contributed by atoms with Crippen LogP contribution >= 0.6 is 0 Å². The lowest BCUT2D eigenvalue weighted by Gasteiger charge is -2.13. The molecular formula is C9H8N2O3. The topological polar surface area (TPSA) is 75.4 Å². The van der Waals surface area contributed by atoms with Crippen LogP contribution in [0.4, 0.5) is 11.4 Å². The number of benzene rings is 1. The van der Waals surface area contributed by atoms with Crippen LogP contribution in [0.5, 0.6) is 5.75 Å². The molecule has 5 heteroatoms. The fourth-order valence-electron chi connectivity index (χ4n) is 1.41. The second-order valence-corrected chi connectivity index (χ2v) is 2.94. The molecular weight excluding hydrogens is 184 g/mol. The number of nitro groups is 1. The summed E-state index contributed by atoms with van der Waals surface area (Å²) in [6, 6.07) is 2.90. The number of hydrogen-bond donors (Lipinski definition) is 2. The molecule has 0 unspecified atom stereocenters. The third-order valence-electron chi connectivity index (χ3n) is 2.08. The zero-order valence-corrected chi connectivity index (χ0v) is 7.23. The Kier molecular flexibility index (Phi) is 1.85. The van der Waals surface area contributed by atoms with Crippen LogP contribution in [0.25, 0.3) is 6.08 Å². The lowest BCUT2D eigenvalue weighted by atomic mass is 10.1. The van der Waals surface area contributed by atoms with Gasteiger partial charge in [-0.1, -0.05) is 12.2 Å². The summed E-state index contributed by atoms with van der Waals surface area (Å²) in [5.41, 5.74) is 0.924. The molecule has 0 saturated heterocycles. The molecule has 0 aliphatic carbocycles. The normalized spacial score (nSPS) is 13.1. The van der Waals surface area contributed by atoms with Gasteiger partial charge in [0.15, 0.2) is 0 Å². The Hall–Kier alpha value is -2.04. The molecule has 2 N–H and O–H groups in total. The fourth-order valence-corrected chi connectivity index (χ4v) is 1.41. The van der Waals surface area contributed by atoms with Crippen LogP contribution in [-0.4, -0.2) is 16.6 Å². The molecule has 0 radical (unpaired) electrons. The maximum atomic E-state index is 10.5. The Balaban J connectivity index is 2.61. The van der Waals surface area contributed by atoms with Crippen molar-refractivity contribution in [2.75, 3.05) is 11.9 Å². The van der Waals surface area contributed by atoms with Gasteiger partial charge in [0.1, 0.15) is 0 Å². The second kappa shape index (κ2) is 3.02. The lowest BCUT2D eigenvalue weighted by molar-refractivity contribution is -0.385. The standard InChI is InChI=1S/C9H8N2O3/c12-9-7(11(13)14)4-3-6-2-1-5-10-8(6)9/h1-4,10,12H,5H2. The number of fused-ring (bicyclic) bond motifs is 1. The molecule has 0 saturated carbocycles. The highest BCUT2D eigenvalue weighted by Gasteiger charge is 2.19. The summed E-state index contributed by atoms with van der Waals surface area (Å²) < 4.78 is 0. The van der Waals surface area contributed by atoms with E-state index in [2.05, 4.69) is 5.32 Å². The van der Waals surface area contributed by atoms with Crippen molar-refractivity contribution in [1.82, 2.24) is 0 Å². The summed E-state index contributed by atoms with van der Waals surface area (Å²) in [5.74, 6) is -0.295. The molecule has 1 aliphatic rings. The summed E-state index contributed by atoms with van der Waals surface area (Å²) >= 11 is 0. The Morgan fingerprint density at radius 1 is 1.50 bits per heavy atom. The van der Waals surface area contributed by atoms with E-state index in [0.717, 1.165) is 5.56 Å². The maximum absolute atomic E-state index is 10.5. The molecule has 0 spiro atoms. The van der Waals surface area contributed by atoms with Crippen LogP contribution < -0.4 is 5.32 Å². The van der Waals surface area contributed by atoms with Crippen LogP contribution in [0.1, 0.15) is 5.56 Å². The van der Waals surface area contributed by atoms with E-state index in [1.807, 2.05) is 12.2 Å². The van der Waals surface area contributed by atoms with Crippen molar-refractivity contribution >= 4 is 17.5 Å². The maximum Gasteiger partial charge on any atom is 0.312 e. The molecule has 1 aromatic carbocycles. The first kappa shape index (κ1) is 8.55. The molecule has 2 rings (SSSR count). The van der Waals surface area contributed by atoms with Crippen molar-refractivity contribution in [3.63, 3.8) is 0 Å². The Morgan fingerprint density at radius 3 is 3.00 bits per heavy atom. The van der Waals surface area contributed by atoms with Gasteiger partial charge in [-0.2, -0.15) is 0 Å². The number of aromatic hydroxyl groups is 1. The zero-order chi connectivity index (χ0) is 10.1. The van der Waals surface area contributed by atoms with Crippen LogP contribution in [0.15, 0.2) is 18.2 Å². The molecule has 0 bridgehead atoms. The van der Waals surface area contributed by atoms with Crippen molar-refractivity contribution in [2.24, 2.45) is 0 Å². The Morgan fingerprint density at radius 2 is 2.29 bits per heavy atom. The van der Waals surface area contributed by atoms with Gasteiger partial charge in [-0.15, -0.1) is 0 Å². The average Bonchev–Trinajstić information content (AvgIpc) is 2.18. The van der Waals surface area contributed by atoms with Crippen LogP contribution in [-0.2, 0) is 0 Å². The van der Waals surface area contributed by atoms with Crippen LogP contribution in [0, 0.1) is 10.1 Å². The van der Waals surface area contributed by atoms with Gasteiger partial charge in [-0.25, -0.2) is 0 Å². The monoisotopic (exact) mass is 192 g/mol. The van der Waals surface area contributed by atoms with Gasteiger partial charge in [0, 0.05) is 18.2 Å².